The van der Waals surface area contributed by atoms with Gasteiger partial charge in [0, 0.05) is 24.1 Å². The summed E-state index contributed by atoms with van der Waals surface area (Å²) < 4.78 is 2.06. The van der Waals surface area contributed by atoms with Gasteiger partial charge in [0.15, 0.2) is 0 Å². The fraction of sp³-hybridized carbons (Fsp3) is 0.273. The van der Waals surface area contributed by atoms with Crippen LogP contribution in [0.25, 0.3) is 10.9 Å². The number of fused-ring (bicyclic) bond motifs is 1. The van der Waals surface area contributed by atoms with Crippen molar-refractivity contribution in [1.82, 2.24) is 4.57 Å². The van der Waals surface area contributed by atoms with Crippen molar-refractivity contribution in [3.63, 3.8) is 0 Å². The molecule has 0 spiro atoms. The van der Waals surface area contributed by atoms with Crippen LogP contribution in [0.5, 0.6) is 0 Å². The summed E-state index contributed by atoms with van der Waals surface area (Å²) >= 11 is 6.26. The fourth-order valence-corrected chi connectivity index (χ4v) is 2.03. The average molecular weight is 209 g/mol. The van der Waals surface area contributed by atoms with E-state index in [9.17, 15) is 0 Å². The first kappa shape index (κ1) is 9.56. The normalized spacial score (nSPS) is 11.1. The van der Waals surface area contributed by atoms with E-state index in [1.165, 1.54) is 0 Å². The van der Waals surface area contributed by atoms with Crippen LogP contribution in [0.2, 0.25) is 5.02 Å². The maximum atomic E-state index is 6.26. The number of aromatic nitrogens is 1. The standard InChI is InChI=1S/C11H13ClN2/c1-14-7-5-9-10(14)3-2-8(4-6-13)11(9)12/h2-3,5,7H,4,6,13H2,1H3. The molecule has 1 heterocycles. The van der Waals surface area contributed by atoms with Crippen LogP contribution in [0.1, 0.15) is 5.56 Å². The van der Waals surface area contributed by atoms with Crippen molar-refractivity contribution in [3.05, 3.63) is 35.0 Å². The van der Waals surface area contributed by atoms with Crippen LogP contribution in [0.15, 0.2) is 24.4 Å². The van der Waals surface area contributed by atoms with Crippen LogP contribution in [0, 0.1) is 0 Å². The molecule has 0 atom stereocenters. The highest BCUT2D eigenvalue weighted by Gasteiger charge is 2.06. The topological polar surface area (TPSA) is 30.9 Å². The van der Waals surface area contributed by atoms with Crippen molar-refractivity contribution in [1.29, 1.82) is 0 Å². The van der Waals surface area contributed by atoms with E-state index in [0.29, 0.717) is 6.54 Å². The molecule has 14 heavy (non-hydrogen) atoms. The second-order valence-electron chi connectivity index (χ2n) is 3.44. The Morgan fingerprint density at radius 1 is 1.36 bits per heavy atom. The van der Waals surface area contributed by atoms with Gasteiger partial charge in [0.1, 0.15) is 0 Å². The molecule has 2 N–H and O–H groups in total. The maximum absolute atomic E-state index is 6.26. The van der Waals surface area contributed by atoms with E-state index in [1.807, 2.05) is 19.3 Å². The van der Waals surface area contributed by atoms with Gasteiger partial charge < -0.3 is 10.3 Å². The number of hydrogen-bond donors (Lipinski definition) is 1. The van der Waals surface area contributed by atoms with Crippen molar-refractivity contribution in [2.45, 2.75) is 6.42 Å². The Balaban J connectivity index is 2.63. The molecule has 1 aromatic carbocycles. The number of nitrogens with zero attached hydrogens (tertiary/aromatic N) is 1. The van der Waals surface area contributed by atoms with Gasteiger partial charge in [-0.15, -0.1) is 0 Å². The highest BCUT2D eigenvalue weighted by Crippen LogP contribution is 2.27. The van der Waals surface area contributed by atoms with E-state index >= 15 is 0 Å². The molecule has 2 rings (SSSR count). The smallest absolute Gasteiger partial charge is 0.0532 e. The summed E-state index contributed by atoms with van der Waals surface area (Å²) in [5, 5.41) is 1.95. The number of rotatable bonds is 2. The lowest BCUT2D eigenvalue weighted by atomic mass is 10.1. The van der Waals surface area contributed by atoms with Gasteiger partial charge in [-0.05, 0) is 30.7 Å². The SMILES string of the molecule is Cn1ccc2c(Cl)c(CCN)ccc21. The first-order valence-electron chi connectivity index (χ1n) is 4.66. The van der Waals surface area contributed by atoms with E-state index in [2.05, 4.69) is 16.7 Å². The number of nitrogens with two attached hydrogens (primary N) is 1. The highest BCUT2D eigenvalue weighted by molar-refractivity contribution is 6.36. The molecular weight excluding hydrogens is 196 g/mol. The maximum Gasteiger partial charge on any atom is 0.0532 e. The highest BCUT2D eigenvalue weighted by atomic mass is 35.5. The first-order chi connectivity index (χ1) is 6.74. The van der Waals surface area contributed by atoms with Gasteiger partial charge in [0.2, 0.25) is 0 Å². The van der Waals surface area contributed by atoms with Crippen molar-refractivity contribution < 1.29 is 0 Å². The Morgan fingerprint density at radius 3 is 2.86 bits per heavy atom. The lowest BCUT2D eigenvalue weighted by Gasteiger charge is -2.04. The minimum atomic E-state index is 0.637. The molecule has 0 amide bonds. The van der Waals surface area contributed by atoms with Crippen LogP contribution in [-0.4, -0.2) is 11.1 Å². The Labute approximate surface area is 88.3 Å². The zero-order valence-electron chi connectivity index (χ0n) is 8.13. The lowest BCUT2D eigenvalue weighted by Crippen LogP contribution is -2.03. The molecule has 2 nitrogen and oxygen atoms in total. The van der Waals surface area contributed by atoms with E-state index in [-0.39, 0.29) is 0 Å². The predicted octanol–water partition coefficient (Wildman–Crippen LogP) is 2.33. The van der Waals surface area contributed by atoms with Crippen LogP contribution >= 0.6 is 11.6 Å². The summed E-state index contributed by atoms with van der Waals surface area (Å²) in [5.74, 6) is 0. The Hall–Kier alpha value is -0.990. The monoisotopic (exact) mass is 208 g/mol. The molecular formula is C11H13ClN2. The molecule has 0 fully saturated rings. The molecule has 3 heteroatoms. The van der Waals surface area contributed by atoms with E-state index in [1.54, 1.807) is 0 Å². The van der Waals surface area contributed by atoms with E-state index < -0.39 is 0 Å². The minimum absolute atomic E-state index is 0.637. The molecule has 1 aromatic heterocycles. The lowest BCUT2D eigenvalue weighted by molar-refractivity contribution is 0.961. The van der Waals surface area contributed by atoms with Crippen molar-refractivity contribution >= 4 is 22.5 Å². The van der Waals surface area contributed by atoms with Gasteiger partial charge >= 0.3 is 0 Å². The zero-order valence-corrected chi connectivity index (χ0v) is 8.88. The molecule has 0 saturated heterocycles. The summed E-state index contributed by atoms with van der Waals surface area (Å²) in [6, 6.07) is 6.18. The molecule has 0 aliphatic carbocycles. The van der Waals surface area contributed by atoms with Crippen LogP contribution in [0.4, 0.5) is 0 Å². The van der Waals surface area contributed by atoms with Crippen molar-refractivity contribution in [2.75, 3.05) is 6.54 Å². The summed E-state index contributed by atoms with van der Waals surface area (Å²) in [5.41, 5.74) is 7.81. The van der Waals surface area contributed by atoms with Crippen molar-refractivity contribution in [3.8, 4) is 0 Å². The van der Waals surface area contributed by atoms with Crippen LogP contribution < -0.4 is 5.73 Å². The average Bonchev–Trinajstić information content (AvgIpc) is 2.54. The van der Waals surface area contributed by atoms with Crippen molar-refractivity contribution in [2.24, 2.45) is 12.8 Å². The molecule has 0 radical (unpaired) electrons. The van der Waals surface area contributed by atoms with E-state index in [0.717, 1.165) is 27.9 Å². The summed E-state index contributed by atoms with van der Waals surface area (Å²) in [7, 11) is 2.02. The zero-order chi connectivity index (χ0) is 10.1. The molecule has 2 aromatic rings. The number of aryl methyl sites for hydroxylation is 1. The van der Waals surface area contributed by atoms with Gasteiger partial charge in [0.25, 0.3) is 0 Å². The number of hydrogen-bond acceptors (Lipinski definition) is 1. The van der Waals surface area contributed by atoms with Crippen LogP contribution in [0.3, 0.4) is 0 Å². The Bertz CT molecular complexity index is 460. The molecule has 0 aliphatic heterocycles. The first-order valence-corrected chi connectivity index (χ1v) is 5.04. The van der Waals surface area contributed by atoms with Gasteiger partial charge in [-0.25, -0.2) is 0 Å². The second-order valence-corrected chi connectivity index (χ2v) is 3.81. The van der Waals surface area contributed by atoms with Gasteiger partial charge in [-0.2, -0.15) is 0 Å². The predicted molar refractivity (Wildman–Crippen MR) is 60.7 cm³/mol. The summed E-state index contributed by atoms with van der Waals surface area (Å²) in [4.78, 5) is 0. The van der Waals surface area contributed by atoms with E-state index in [4.69, 9.17) is 17.3 Å². The quantitative estimate of drug-likeness (QED) is 0.807. The third-order valence-corrected chi connectivity index (χ3v) is 2.94. The molecule has 0 saturated carbocycles. The third-order valence-electron chi connectivity index (χ3n) is 2.50. The minimum Gasteiger partial charge on any atom is -0.351 e. The largest absolute Gasteiger partial charge is 0.351 e. The van der Waals surface area contributed by atoms with Gasteiger partial charge in [0.05, 0.1) is 5.02 Å². The van der Waals surface area contributed by atoms with Gasteiger partial charge in [-0.1, -0.05) is 17.7 Å². The van der Waals surface area contributed by atoms with Crippen LogP contribution in [-0.2, 0) is 13.5 Å². The Morgan fingerprint density at radius 2 is 2.14 bits per heavy atom. The molecule has 0 aliphatic rings. The fourth-order valence-electron chi connectivity index (χ4n) is 1.71. The number of benzene rings is 1. The Kier molecular flexibility index (Phi) is 2.48. The molecule has 74 valence electrons. The molecule has 0 unspecified atom stereocenters. The molecule has 0 bridgehead atoms. The van der Waals surface area contributed by atoms with Gasteiger partial charge in [-0.3, -0.25) is 0 Å². The third kappa shape index (κ3) is 1.41. The number of halogens is 1. The summed E-state index contributed by atoms with van der Waals surface area (Å²) in [6.07, 6.45) is 2.85. The summed E-state index contributed by atoms with van der Waals surface area (Å²) in [6.45, 7) is 0.637. The second kappa shape index (κ2) is 3.64.